The first-order valence-electron chi connectivity index (χ1n) is 13.6. The van der Waals surface area contributed by atoms with Crippen molar-refractivity contribution in [1.29, 1.82) is 0 Å². The summed E-state index contributed by atoms with van der Waals surface area (Å²) in [5.74, 6) is 2.27. The van der Waals surface area contributed by atoms with Crippen LogP contribution in [-0.4, -0.2) is 22.5 Å². The minimum Gasteiger partial charge on any atom is -0.494 e. The maximum atomic E-state index is 13.8. The van der Waals surface area contributed by atoms with E-state index in [2.05, 4.69) is 40.9 Å². The molecule has 0 fully saturated rings. The summed E-state index contributed by atoms with van der Waals surface area (Å²) < 4.78 is 14.4. The number of aromatic nitrogens is 2. The van der Waals surface area contributed by atoms with Crippen molar-refractivity contribution < 1.29 is 9.47 Å². The van der Waals surface area contributed by atoms with Gasteiger partial charge < -0.3 is 9.47 Å². The van der Waals surface area contributed by atoms with Gasteiger partial charge in [0.2, 0.25) is 0 Å². The minimum atomic E-state index is -0.233. The second kappa shape index (κ2) is 12.5. The van der Waals surface area contributed by atoms with Crippen molar-refractivity contribution in [3.8, 4) is 22.9 Å². The molecule has 5 aromatic rings. The van der Waals surface area contributed by atoms with Gasteiger partial charge >= 0.3 is 0 Å². The number of benzene rings is 4. The van der Waals surface area contributed by atoms with Gasteiger partial charge in [-0.2, -0.15) is 9.78 Å². The molecule has 208 valence electrons. The smallest absolute Gasteiger partial charge is 0.282 e. The number of nitrogens with zero attached hydrogens (tertiary/aromatic N) is 3. The summed E-state index contributed by atoms with van der Waals surface area (Å²) in [4.78, 5) is 18.7. The highest BCUT2D eigenvalue weighted by Gasteiger charge is 2.18. The lowest BCUT2D eigenvalue weighted by atomic mass is 9.96. The van der Waals surface area contributed by atoms with Crippen LogP contribution < -0.4 is 15.0 Å². The quantitative estimate of drug-likeness (QED) is 0.158. The Balaban J connectivity index is 1.55. The van der Waals surface area contributed by atoms with Crippen molar-refractivity contribution in [3.63, 3.8) is 0 Å². The Labute approximate surface area is 248 Å². The predicted molar refractivity (Wildman–Crippen MR) is 169 cm³/mol. The van der Waals surface area contributed by atoms with Crippen molar-refractivity contribution in [3.05, 3.63) is 122 Å². The summed E-state index contributed by atoms with van der Waals surface area (Å²) >= 11 is 3.46. The Morgan fingerprint density at radius 2 is 1.76 bits per heavy atom. The van der Waals surface area contributed by atoms with Gasteiger partial charge in [0.1, 0.15) is 18.1 Å². The van der Waals surface area contributed by atoms with E-state index in [0.717, 1.165) is 38.0 Å². The number of halogens is 1. The SMILES string of the molecule is CCOc1cc(C)c(-c2nc3ccccc3c(=O)n2N=Cc2cccc(OCc3ccc(Br)cc3)c2)cc1C(C)C. The van der Waals surface area contributed by atoms with E-state index in [1.165, 1.54) is 4.68 Å². The van der Waals surface area contributed by atoms with E-state index in [-0.39, 0.29) is 11.5 Å². The zero-order chi connectivity index (χ0) is 28.9. The third-order valence-corrected chi connectivity index (χ3v) is 7.30. The normalized spacial score (nSPS) is 11.5. The van der Waals surface area contributed by atoms with Gasteiger partial charge in [-0.3, -0.25) is 4.79 Å². The van der Waals surface area contributed by atoms with Gasteiger partial charge in [-0.1, -0.05) is 66.2 Å². The molecule has 6 nitrogen and oxygen atoms in total. The molecule has 0 spiro atoms. The van der Waals surface area contributed by atoms with E-state index in [9.17, 15) is 4.79 Å². The fraction of sp³-hybridized carbons (Fsp3) is 0.206. The van der Waals surface area contributed by atoms with E-state index in [0.29, 0.717) is 35.7 Å². The zero-order valence-corrected chi connectivity index (χ0v) is 25.2. The molecule has 41 heavy (non-hydrogen) atoms. The molecule has 0 radical (unpaired) electrons. The molecule has 0 saturated heterocycles. The molecule has 0 atom stereocenters. The third-order valence-electron chi connectivity index (χ3n) is 6.77. The van der Waals surface area contributed by atoms with Gasteiger partial charge in [0.15, 0.2) is 5.82 Å². The average Bonchev–Trinajstić information content (AvgIpc) is 2.97. The van der Waals surface area contributed by atoms with Crippen LogP contribution in [0.15, 0.2) is 99.3 Å². The molecule has 4 aromatic carbocycles. The number of rotatable bonds is 9. The topological polar surface area (TPSA) is 65.7 Å². The lowest BCUT2D eigenvalue weighted by molar-refractivity contribution is 0.306. The van der Waals surface area contributed by atoms with Crippen LogP contribution in [0.3, 0.4) is 0 Å². The summed E-state index contributed by atoms with van der Waals surface area (Å²) in [5, 5.41) is 5.18. The van der Waals surface area contributed by atoms with Crippen molar-refractivity contribution in [2.75, 3.05) is 6.61 Å². The average molecular weight is 611 g/mol. The fourth-order valence-electron chi connectivity index (χ4n) is 4.63. The Morgan fingerprint density at radius 1 is 0.976 bits per heavy atom. The van der Waals surface area contributed by atoms with Gasteiger partial charge in [0.25, 0.3) is 5.56 Å². The monoisotopic (exact) mass is 609 g/mol. The van der Waals surface area contributed by atoms with E-state index in [4.69, 9.17) is 14.5 Å². The number of hydrogen-bond donors (Lipinski definition) is 0. The maximum absolute atomic E-state index is 13.8. The van der Waals surface area contributed by atoms with E-state index in [1.54, 1.807) is 12.3 Å². The summed E-state index contributed by atoms with van der Waals surface area (Å²) in [6, 6.07) is 27.1. The van der Waals surface area contributed by atoms with Gasteiger partial charge in [-0.25, -0.2) is 4.98 Å². The highest BCUT2D eigenvalue weighted by Crippen LogP contribution is 2.34. The van der Waals surface area contributed by atoms with E-state index in [1.807, 2.05) is 86.6 Å². The van der Waals surface area contributed by atoms with Crippen LogP contribution in [-0.2, 0) is 6.61 Å². The van der Waals surface area contributed by atoms with Crippen molar-refractivity contribution in [2.24, 2.45) is 5.10 Å². The van der Waals surface area contributed by atoms with Gasteiger partial charge in [0.05, 0.1) is 23.7 Å². The molecule has 0 N–H and O–H groups in total. The van der Waals surface area contributed by atoms with E-state index < -0.39 is 0 Å². The maximum Gasteiger partial charge on any atom is 0.282 e. The van der Waals surface area contributed by atoms with Crippen LogP contribution in [0.25, 0.3) is 22.3 Å². The molecule has 0 aliphatic carbocycles. The number of fused-ring (bicyclic) bond motifs is 1. The predicted octanol–water partition coefficient (Wildman–Crippen LogP) is 8.12. The molecular weight excluding hydrogens is 578 g/mol. The molecule has 5 rings (SSSR count). The molecular formula is C34H32BrN3O3. The van der Waals surface area contributed by atoms with Crippen LogP contribution in [0, 0.1) is 6.92 Å². The Morgan fingerprint density at radius 3 is 2.51 bits per heavy atom. The second-order valence-electron chi connectivity index (χ2n) is 10.1. The first-order chi connectivity index (χ1) is 19.8. The lowest BCUT2D eigenvalue weighted by Crippen LogP contribution is -2.20. The molecule has 0 aliphatic heterocycles. The van der Waals surface area contributed by atoms with E-state index >= 15 is 0 Å². The van der Waals surface area contributed by atoms with Crippen molar-refractivity contribution in [1.82, 2.24) is 9.66 Å². The summed E-state index contributed by atoms with van der Waals surface area (Å²) in [6.07, 6.45) is 1.67. The number of aryl methyl sites for hydroxylation is 1. The van der Waals surface area contributed by atoms with Gasteiger partial charge in [-0.05, 0) is 90.6 Å². The fourth-order valence-corrected chi connectivity index (χ4v) is 4.90. The zero-order valence-electron chi connectivity index (χ0n) is 23.6. The van der Waals surface area contributed by atoms with Crippen LogP contribution in [0.1, 0.15) is 48.9 Å². The Bertz CT molecular complexity index is 1780. The summed E-state index contributed by atoms with van der Waals surface area (Å²) in [6.45, 7) is 9.26. The molecule has 0 unspecified atom stereocenters. The first kappa shape index (κ1) is 28.3. The first-order valence-corrected chi connectivity index (χ1v) is 14.4. The second-order valence-corrected chi connectivity index (χ2v) is 11.0. The van der Waals surface area contributed by atoms with Gasteiger partial charge in [-0.15, -0.1) is 0 Å². The minimum absolute atomic E-state index is 0.222. The van der Waals surface area contributed by atoms with Crippen molar-refractivity contribution >= 4 is 33.0 Å². The molecule has 7 heteroatoms. The summed E-state index contributed by atoms with van der Waals surface area (Å²) in [7, 11) is 0. The Hall–Kier alpha value is -4.23. The van der Waals surface area contributed by atoms with Gasteiger partial charge in [0, 0.05) is 10.0 Å². The largest absolute Gasteiger partial charge is 0.494 e. The molecule has 0 saturated carbocycles. The number of ether oxygens (including phenoxy) is 2. The number of para-hydroxylation sites is 1. The molecule has 0 aliphatic rings. The van der Waals surface area contributed by atoms with Crippen molar-refractivity contribution in [2.45, 2.75) is 40.2 Å². The third kappa shape index (κ3) is 6.41. The standard InChI is InChI=1S/C34H32BrN3O3/c1-5-40-32-17-23(4)30(19-29(32)22(2)3)33-37-31-12-7-6-11-28(31)34(39)38(33)36-20-25-9-8-10-27(18-25)41-21-24-13-15-26(35)16-14-24/h6-20,22H,5,21H2,1-4H3. The highest BCUT2D eigenvalue weighted by molar-refractivity contribution is 9.10. The Kier molecular flexibility index (Phi) is 8.64. The lowest BCUT2D eigenvalue weighted by Gasteiger charge is -2.18. The highest BCUT2D eigenvalue weighted by atomic mass is 79.9. The molecule has 1 heterocycles. The molecule has 0 bridgehead atoms. The molecule has 1 aromatic heterocycles. The van der Waals surface area contributed by atoms with Crippen LogP contribution in [0.4, 0.5) is 0 Å². The van der Waals surface area contributed by atoms with Crippen LogP contribution in [0.5, 0.6) is 11.5 Å². The van der Waals surface area contributed by atoms with Crippen LogP contribution in [0.2, 0.25) is 0 Å². The number of hydrogen-bond acceptors (Lipinski definition) is 5. The summed E-state index contributed by atoms with van der Waals surface area (Å²) in [5.41, 5.74) is 5.11. The van der Waals surface area contributed by atoms with Crippen LogP contribution >= 0.6 is 15.9 Å². The molecule has 0 amide bonds.